The topological polar surface area (TPSA) is 54.6 Å². The molecule has 2 aromatic heterocycles. The number of aliphatic carboxylic acids is 1. The smallest absolute Gasteiger partial charge is 0.328 e. The molecule has 7 heteroatoms. The summed E-state index contributed by atoms with van der Waals surface area (Å²) >= 11 is 2.61. The molecule has 0 spiro atoms. The Hall–Kier alpha value is -2.12. The monoisotopic (exact) mass is 320 g/mol. The first-order valence-corrected chi connectivity index (χ1v) is 7.63. The summed E-state index contributed by atoms with van der Waals surface area (Å²) in [6.45, 7) is 0. The third kappa shape index (κ3) is 2.84. The van der Waals surface area contributed by atoms with E-state index >= 15 is 0 Å². The van der Waals surface area contributed by atoms with E-state index in [1.165, 1.54) is 35.2 Å². The van der Waals surface area contributed by atoms with Gasteiger partial charge in [0.15, 0.2) is 4.96 Å². The van der Waals surface area contributed by atoms with E-state index in [1.54, 1.807) is 28.8 Å². The molecule has 2 heterocycles. The predicted molar refractivity (Wildman–Crippen MR) is 80.3 cm³/mol. The SMILES string of the molecule is O=C(O)C=Cc1c(Sc2ccccc2F)nc2sccn12. The van der Waals surface area contributed by atoms with Crippen molar-refractivity contribution in [1.82, 2.24) is 9.38 Å². The number of rotatable bonds is 4. The van der Waals surface area contributed by atoms with Gasteiger partial charge in [-0.05, 0) is 18.2 Å². The molecule has 0 atom stereocenters. The third-order valence-electron chi connectivity index (χ3n) is 2.69. The van der Waals surface area contributed by atoms with Crippen LogP contribution in [0.2, 0.25) is 0 Å². The average Bonchev–Trinajstić information content (AvgIpc) is 3.00. The Morgan fingerprint density at radius 2 is 2.24 bits per heavy atom. The van der Waals surface area contributed by atoms with Crippen molar-refractivity contribution in [2.24, 2.45) is 0 Å². The second kappa shape index (κ2) is 5.71. The van der Waals surface area contributed by atoms with Crippen LogP contribution < -0.4 is 0 Å². The van der Waals surface area contributed by atoms with Crippen LogP contribution in [0, 0.1) is 5.82 Å². The fraction of sp³-hybridized carbons (Fsp3) is 0. The molecule has 4 nitrogen and oxygen atoms in total. The van der Waals surface area contributed by atoms with Crippen LogP contribution in [0.25, 0.3) is 11.0 Å². The summed E-state index contributed by atoms with van der Waals surface area (Å²) in [6.07, 6.45) is 4.32. The van der Waals surface area contributed by atoms with E-state index < -0.39 is 5.97 Å². The molecular weight excluding hydrogens is 311 g/mol. The average molecular weight is 320 g/mol. The summed E-state index contributed by atoms with van der Waals surface area (Å²) in [4.78, 5) is 16.3. The number of fused-ring (bicyclic) bond motifs is 1. The Morgan fingerprint density at radius 3 is 3.00 bits per heavy atom. The first-order valence-electron chi connectivity index (χ1n) is 5.94. The largest absolute Gasteiger partial charge is 0.478 e. The molecule has 0 unspecified atom stereocenters. The van der Waals surface area contributed by atoms with Crippen molar-refractivity contribution in [1.29, 1.82) is 0 Å². The number of benzene rings is 1. The maximum atomic E-state index is 13.7. The Morgan fingerprint density at radius 1 is 1.43 bits per heavy atom. The second-order valence-electron chi connectivity index (χ2n) is 4.06. The molecule has 0 amide bonds. The van der Waals surface area contributed by atoms with Gasteiger partial charge in [-0.2, -0.15) is 0 Å². The molecule has 1 N–H and O–H groups in total. The fourth-order valence-corrected chi connectivity index (χ4v) is 3.49. The van der Waals surface area contributed by atoms with E-state index in [9.17, 15) is 9.18 Å². The number of imidazole rings is 1. The van der Waals surface area contributed by atoms with Crippen LogP contribution >= 0.6 is 23.1 Å². The van der Waals surface area contributed by atoms with Crippen LogP contribution in [0.15, 0.2) is 51.8 Å². The molecule has 106 valence electrons. The van der Waals surface area contributed by atoms with Gasteiger partial charge in [0.2, 0.25) is 0 Å². The van der Waals surface area contributed by atoms with Crippen molar-refractivity contribution in [2.75, 3.05) is 0 Å². The molecule has 0 saturated heterocycles. The molecular formula is C14H9FN2O2S2. The van der Waals surface area contributed by atoms with Gasteiger partial charge in [0.1, 0.15) is 10.8 Å². The minimum atomic E-state index is -1.04. The van der Waals surface area contributed by atoms with Crippen LogP contribution in [0.4, 0.5) is 4.39 Å². The molecule has 0 saturated carbocycles. The maximum absolute atomic E-state index is 13.7. The zero-order valence-electron chi connectivity index (χ0n) is 10.6. The highest BCUT2D eigenvalue weighted by molar-refractivity contribution is 7.99. The highest BCUT2D eigenvalue weighted by atomic mass is 32.2. The standard InChI is InChI=1S/C14H9FN2O2S2/c15-9-3-1-2-4-11(9)21-13-10(5-6-12(18)19)17-7-8-20-14(17)16-13/h1-8H,(H,18,19). The summed E-state index contributed by atoms with van der Waals surface area (Å²) in [5.41, 5.74) is 0.627. The Balaban J connectivity index is 2.05. The van der Waals surface area contributed by atoms with Gasteiger partial charge in [0.25, 0.3) is 0 Å². The summed E-state index contributed by atoms with van der Waals surface area (Å²) < 4.78 is 15.5. The van der Waals surface area contributed by atoms with E-state index in [4.69, 9.17) is 5.11 Å². The highest BCUT2D eigenvalue weighted by Gasteiger charge is 2.14. The van der Waals surface area contributed by atoms with Crippen molar-refractivity contribution in [3.05, 3.63) is 53.4 Å². The lowest BCUT2D eigenvalue weighted by atomic mass is 10.3. The molecule has 3 rings (SSSR count). The summed E-state index contributed by atoms with van der Waals surface area (Å²) in [5.74, 6) is -1.37. The van der Waals surface area contributed by atoms with Gasteiger partial charge in [-0.1, -0.05) is 23.9 Å². The Kier molecular flexibility index (Phi) is 3.76. The Labute approximate surface area is 127 Å². The van der Waals surface area contributed by atoms with E-state index in [0.29, 0.717) is 15.6 Å². The van der Waals surface area contributed by atoms with Crippen molar-refractivity contribution in [3.63, 3.8) is 0 Å². The quantitative estimate of drug-likeness (QED) is 0.743. The number of carboxylic acids is 1. The first-order chi connectivity index (χ1) is 10.1. The summed E-state index contributed by atoms with van der Waals surface area (Å²) in [5, 5.41) is 11.2. The number of hydrogen-bond donors (Lipinski definition) is 1. The molecule has 0 radical (unpaired) electrons. The van der Waals surface area contributed by atoms with Gasteiger partial charge in [0, 0.05) is 22.5 Å². The molecule has 1 aromatic carbocycles. The minimum absolute atomic E-state index is 0.327. The Bertz CT molecular complexity index is 838. The molecule has 21 heavy (non-hydrogen) atoms. The molecule has 0 aliphatic heterocycles. The van der Waals surface area contributed by atoms with Crippen molar-refractivity contribution >= 4 is 40.1 Å². The maximum Gasteiger partial charge on any atom is 0.328 e. The van der Waals surface area contributed by atoms with Crippen molar-refractivity contribution in [3.8, 4) is 0 Å². The second-order valence-corrected chi connectivity index (χ2v) is 5.97. The molecule has 0 bridgehead atoms. The van der Waals surface area contributed by atoms with Crippen molar-refractivity contribution in [2.45, 2.75) is 9.92 Å². The summed E-state index contributed by atoms with van der Waals surface area (Å²) in [6, 6.07) is 6.42. The van der Waals surface area contributed by atoms with Crippen LogP contribution in [0.1, 0.15) is 5.69 Å². The molecule has 0 fully saturated rings. The van der Waals surface area contributed by atoms with Gasteiger partial charge in [-0.25, -0.2) is 14.2 Å². The zero-order valence-corrected chi connectivity index (χ0v) is 12.2. The van der Waals surface area contributed by atoms with Gasteiger partial charge in [0.05, 0.1) is 5.69 Å². The number of aromatic nitrogens is 2. The number of nitrogens with zero attached hydrogens (tertiary/aromatic N) is 2. The van der Waals surface area contributed by atoms with Gasteiger partial charge in [-0.3, -0.25) is 4.40 Å². The lowest BCUT2D eigenvalue weighted by molar-refractivity contribution is -0.131. The molecule has 0 aliphatic rings. The van der Waals surface area contributed by atoms with E-state index in [-0.39, 0.29) is 5.82 Å². The molecule has 0 aliphatic carbocycles. The fourth-order valence-electron chi connectivity index (χ4n) is 1.79. The van der Waals surface area contributed by atoms with E-state index in [0.717, 1.165) is 11.0 Å². The number of hydrogen-bond acceptors (Lipinski definition) is 4. The normalized spacial score (nSPS) is 11.5. The van der Waals surface area contributed by atoms with Gasteiger partial charge >= 0.3 is 5.97 Å². The van der Waals surface area contributed by atoms with Crippen LogP contribution in [-0.4, -0.2) is 20.5 Å². The van der Waals surface area contributed by atoms with E-state index in [1.807, 2.05) is 5.38 Å². The van der Waals surface area contributed by atoms with Crippen LogP contribution in [0.3, 0.4) is 0 Å². The van der Waals surface area contributed by atoms with Crippen LogP contribution in [0.5, 0.6) is 0 Å². The molecule has 3 aromatic rings. The van der Waals surface area contributed by atoms with E-state index in [2.05, 4.69) is 4.98 Å². The summed E-state index contributed by atoms with van der Waals surface area (Å²) in [7, 11) is 0. The first kappa shape index (κ1) is 13.8. The van der Waals surface area contributed by atoms with Gasteiger partial charge in [-0.15, -0.1) is 11.3 Å². The number of carboxylic acid groups (broad SMARTS) is 1. The zero-order chi connectivity index (χ0) is 14.8. The third-order valence-corrected chi connectivity index (χ3v) is 4.49. The number of halogens is 1. The highest BCUT2D eigenvalue weighted by Crippen LogP contribution is 2.33. The lowest BCUT2D eigenvalue weighted by Crippen LogP contribution is -1.89. The number of thiazole rings is 1. The number of carbonyl (C=O) groups is 1. The predicted octanol–water partition coefficient (Wildman–Crippen LogP) is 3.78. The minimum Gasteiger partial charge on any atom is -0.478 e. The van der Waals surface area contributed by atoms with Crippen molar-refractivity contribution < 1.29 is 14.3 Å². The van der Waals surface area contributed by atoms with Crippen LogP contribution in [-0.2, 0) is 4.79 Å². The lowest BCUT2D eigenvalue weighted by Gasteiger charge is -2.01. The van der Waals surface area contributed by atoms with Gasteiger partial charge < -0.3 is 5.11 Å².